The normalized spacial score (nSPS) is 15.6. The third-order valence-electron chi connectivity index (χ3n) is 6.48. The predicted octanol–water partition coefficient (Wildman–Crippen LogP) is 4.07. The van der Waals surface area contributed by atoms with Crippen LogP contribution in [0.5, 0.6) is 0 Å². The molecule has 2 heterocycles. The molecule has 0 aliphatic carbocycles. The zero-order chi connectivity index (χ0) is 23.6. The van der Waals surface area contributed by atoms with Gasteiger partial charge in [-0.2, -0.15) is 0 Å². The Kier molecular flexibility index (Phi) is 8.00. The number of likely N-dealkylation sites (tertiary alicyclic amines) is 1. The fraction of sp³-hybridized carbons (Fsp3) is 0.385. The van der Waals surface area contributed by atoms with E-state index in [4.69, 9.17) is 5.73 Å². The summed E-state index contributed by atoms with van der Waals surface area (Å²) in [7, 11) is 0. The molecular weight excluding hydrogens is 455 g/mol. The number of hydrogen-bond donors (Lipinski definition) is 3. The summed E-state index contributed by atoms with van der Waals surface area (Å²) in [6, 6.07) is 14.8. The molecule has 0 saturated carbocycles. The fourth-order valence-corrected chi connectivity index (χ4v) is 4.53. The van der Waals surface area contributed by atoms with Crippen LogP contribution in [0.4, 0.5) is 4.39 Å². The van der Waals surface area contributed by atoms with Crippen LogP contribution in [-0.2, 0) is 9.59 Å². The second kappa shape index (κ2) is 10.6. The molecule has 34 heavy (non-hydrogen) atoms. The highest BCUT2D eigenvalue weighted by molar-refractivity contribution is 5.93. The van der Waals surface area contributed by atoms with Gasteiger partial charge in [0.2, 0.25) is 11.8 Å². The van der Waals surface area contributed by atoms with Crippen LogP contribution < -0.4 is 11.1 Å². The monoisotopic (exact) mass is 486 g/mol. The zero-order valence-electron chi connectivity index (χ0n) is 19.5. The zero-order valence-corrected chi connectivity index (χ0v) is 20.3. The van der Waals surface area contributed by atoms with Crippen LogP contribution in [0, 0.1) is 5.82 Å². The second-order valence-electron chi connectivity index (χ2n) is 9.43. The standard InChI is InChI=1S/C26H31FN4O2.ClH/c1-26(2,28)25(33)30-16-22(21-15-29-23-9-8-19(27)14-20(21)23)24(32)31-12-10-18(11-13-31)17-6-4-3-5-7-17;/h3-9,14-15,18,22,29H,10-13,16,28H2,1-2H3,(H,30,33);1H/t22-;/m0./s1. The molecule has 1 aliphatic heterocycles. The van der Waals surface area contributed by atoms with Gasteiger partial charge in [-0.1, -0.05) is 30.3 Å². The van der Waals surface area contributed by atoms with E-state index in [1.807, 2.05) is 23.1 Å². The molecule has 1 fully saturated rings. The van der Waals surface area contributed by atoms with Crippen LogP contribution in [-0.4, -0.2) is 46.9 Å². The first-order chi connectivity index (χ1) is 15.7. The van der Waals surface area contributed by atoms with Gasteiger partial charge in [0.25, 0.3) is 0 Å². The number of amides is 2. The third-order valence-corrected chi connectivity index (χ3v) is 6.48. The Morgan fingerprint density at radius 3 is 2.50 bits per heavy atom. The number of nitrogens with zero attached hydrogens (tertiary/aromatic N) is 1. The molecular formula is C26H32ClFN4O2. The Morgan fingerprint density at radius 1 is 1.18 bits per heavy atom. The number of H-pyrrole nitrogens is 1. The van der Waals surface area contributed by atoms with E-state index in [9.17, 15) is 14.0 Å². The molecule has 8 heteroatoms. The van der Waals surface area contributed by atoms with Gasteiger partial charge >= 0.3 is 0 Å². The fourth-order valence-electron chi connectivity index (χ4n) is 4.53. The minimum Gasteiger partial charge on any atom is -0.361 e. The van der Waals surface area contributed by atoms with E-state index >= 15 is 0 Å². The molecule has 2 aromatic carbocycles. The van der Waals surface area contributed by atoms with Crippen molar-refractivity contribution in [1.29, 1.82) is 0 Å². The van der Waals surface area contributed by atoms with Crippen molar-refractivity contribution >= 4 is 35.1 Å². The Morgan fingerprint density at radius 2 is 1.85 bits per heavy atom. The number of aromatic amines is 1. The number of benzene rings is 2. The molecule has 182 valence electrons. The molecule has 0 radical (unpaired) electrons. The van der Waals surface area contributed by atoms with Crippen molar-refractivity contribution in [1.82, 2.24) is 15.2 Å². The van der Waals surface area contributed by atoms with Gasteiger partial charge in [0.05, 0.1) is 11.5 Å². The van der Waals surface area contributed by atoms with Gasteiger partial charge in [0, 0.05) is 36.7 Å². The van der Waals surface area contributed by atoms with Crippen molar-refractivity contribution in [3.63, 3.8) is 0 Å². The van der Waals surface area contributed by atoms with Crippen molar-refractivity contribution in [3.05, 3.63) is 71.7 Å². The van der Waals surface area contributed by atoms with Gasteiger partial charge in [0.15, 0.2) is 0 Å². The number of carbonyl (C=O) groups is 2. The average Bonchev–Trinajstić information content (AvgIpc) is 3.22. The maximum absolute atomic E-state index is 14.0. The molecule has 3 aromatic rings. The van der Waals surface area contributed by atoms with Crippen LogP contribution in [0.3, 0.4) is 0 Å². The number of halogens is 2. The van der Waals surface area contributed by atoms with Crippen molar-refractivity contribution in [3.8, 4) is 0 Å². The SMILES string of the molecule is CC(C)(N)C(=O)NC[C@H](C(=O)N1CCC(c2ccccc2)CC1)c1c[nH]c2ccc(F)cc12.Cl. The number of fused-ring (bicyclic) bond motifs is 1. The van der Waals surface area contributed by atoms with E-state index < -0.39 is 11.5 Å². The smallest absolute Gasteiger partial charge is 0.239 e. The van der Waals surface area contributed by atoms with Crippen LogP contribution in [0.15, 0.2) is 54.7 Å². The van der Waals surface area contributed by atoms with Gasteiger partial charge in [-0.3, -0.25) is 9.59 Å². The number of hydrogen-bond acceptors (Lipinski definition) is 3. The Labute approximate surface area is 205 Å². The van der Waals surface area contributed by atoms with Crippen molar-refractivity contribution in [2.24, 2.45) is 5.73 Å². The number of carbonyl (C=O) groups excluding carboxylic acids is 2. The van der Waals surface area contributed by atoms with Gasteiger partial charge in [-0.05, 0) is 61.9 Å². The lowest BCUT2D eigenvalue weighted by Gasteiger charge is -2.34. The highest BCUT2D eigenvalue weighted by Gasteiger charge is 2.32. The van der Waals surface area contributed by atoms with Gasteiger partial charge in [-0.15, -0.1) is 12.4 Å². The van der Waals surface area contributed by atoms with Crippen LogP contribution in [0.25, 0.3) is 10.9 Å². The summed E-state index contributed by atoms with van der Waals surface area (Å²) in [6.07, 6.45) is 3.50. The highest BCUT2D eigenvalue weighted by Crippen LogP contribution is 2.32. The summed E-state index contributed by atoms with van der Waals surface area (Å²) >= 11 is 0. The Balaban J connectivity index is 0.00000324. The van der Waals surface area contributed by atoms with E-state index in [-0.39, 0.29) is 36.6 Å². The molecule has 4 N–H and O–H groups in total. The first-order valence-electron chi connectivity index (χ1n) is 11.4. The summed E-state index contributed by atoms with van der Waals surface area (Å²) in [4.78, 5) is 31.1. The predicted molar refractivity (Wildman–Crippen MR) is 135 cm³/mol. The van der Waals surface area contributed by atoms with Gasteiger partial charge in [-0.25, -0.2) is 4.39 Å². The molecule has 1 aromatic heterocycles. The van der Waals surface area contributed by atoms with Crippen molar-refractivity contribution in [2.75, 3.05) is 19.6 Å². The second-order valence-corrected chi connectivity index (χ2v) is 9.43. The number of aromatic nitrogens is 1. The summed E-state index contributed by atoms with van der Waals surface area (Å²) in [5.41, 5.74) is 7.58. The quantitative estimate of drug-likeness (QED) is 0.490. The average molecular weight is 487 g/mol. The molecule has 4 rings (SSSR count). The minimum atomic E-state index is -1.06. The molecule has 2 amide bonds. The van der Waals surface area contributed by atoms with E-state index in [0.717, 1.165) is 18.4 Å². The molecule has 0 unspecified atom stereocenters. The van der Waals surface area contributed by atoms with Gasteiger partial charge in [0.1, 0.15) is 5.82 Å². The van der Waals surface area contributed by atoms with Crippen LogP contribution in [0.2, 0.25) is 0 Å². The molecule has 0 spiro atoms. The summed E-state index contributed by atoms with van der Waals surface area (Å²) in [6.45, 7) is 4.62. The number of nitrogens with one attached hydrogen (secondary N) is 2. The van der Waals surface area contributed by atoms with E-state index in [1.165, 1.54) is 17.7 Å². The maximum atomic E-state index is 14.0. The van der Waals surface area contributed by atoms with Gasteiger partial charge < -0.3 is 20.9 Å². The molecule has 1 aliphatic rings. The molecule has 1 atom stereocenters. The largest absolute Gasteiger partial charge is 0.361 e. The summed E-state index contributed by atoms with van der Waals surface area (Å²) < 4.78 is 14.0. The highest BCUT2D eigenvalue weighted by atomic mass is 35.5. The lowest BCUT2D eigenvalue weighted by molar-refractivity contribution is -0.134. The first kappa shape index (κ1) is 25.7. The van der Waals surface area contributed by atoms with Crippen LogP contribution >= 0.6 is 12.4 Å². The summed E-state index contributed by atoms with van der Waals surface area (Å²) in [5.74, 6) is -0.991. The van der Waals surface area contributed by atoms with Crippen molar-refractivity contribution in [2.45, 2.75) is 44.1 Å². The Bertz CT molecular complexity index is 1130. The van der Waals surface area contributed by atoms with Crippen LogP contribution in [0.1, 0.15) is 49.7 Å². The third kappa shape index (κ3) is 5.59. The first-order valence-corrected chi connectivity index (χ1v) is 11.4. The van der Waals surface area contributed by atoms with E-state index in [1.54, 1.807) is 26.1 Å². The Hall–Kier alpha value is -2.90. The molecule has 1 saturated heterocycles. The lowest BCUT2D eigenvalue weighted by atomic mass is 9.88. The van der Waals surface area contributed by atoms with E-state index in [0.29, 0.717) is 30.0 Å². The van der Waals surface area contributed by atoms with E-state index in [2.05, 4.69) is 22.4 Å². The maximum Gasteiger partial charge on any atom is 0.239 e. The molecule has 6 nitrogen and oxygen atoms in total. The molecule has 0 bridgehead atoms. The summed E-state index contributed by atoms with van der Waals surface area (Å²) in [5, 5.41) is 3.47. The number of piperidine rings is 1. The van der Waals surface area contributed by atoms with Crippen molar-refractivity contribution < 1.29 is 14.0 Å². The minimum absolute atomic E-state index is 0. The number of nitrogens with two attached hydrogens (primary N) is 1. The topological polar surface area (TPSA) is 91.2 Å². The number of rotatable bonds is 6. The lowest BCUT2D eigenvalue weighted by Crippen LogP contribution is -2.51.